The second kappa shape index (κ2) is 7.10. The van der Waals surface area contributed by atoms with Gasteiger partial charge in [0.1, 0.15) is 6.10 Å². The van der Waals surface area contributed by atoms with Gasteiger partial charge in [0.2, 0.25) is 0 Å². The number of methoxy groups -OCH3 is 1. The SMILES string of the molecule is COCCC(=O)OC1C=C[C@H]2[C@H]3Cc4ccc(OC(C)=O)c5c4[C@@]2(CCN3C)C1O5. The number of piperidine rings is 1. The Morgan fingerprint density at radius 2 is 2.13 bits per heavy atom. The molecule has 0 N–H and O–H groups in total. The first-order valence-corrected chi connectivity index (χ1v) is 10.5. The molecule has 0 radical (unpaired) electrons. The van der Waals surface area contributed by atoms with Crippen molar-refractivity contribution in [1.82, 2.24) is 4.90 Å². The van der Waals surface area contributed by atoms with Crippen molar-refractivity contribution >= 4 is 11.9 Å². The topological polar surface area (TPSA) is 74.3 Å². The summed E-state index contributed by atoms with van der Waals surface area (Å²) in [5.41, 5.74) is 2.09. The molecule has 2 aliphatic heterocycles. The zero-order valence-corrected chi connectivity index (χ0v) is 17.6. The summed E-state index contributed by atoms with van der Waals surface area (Å²) in [6.07, 6.45) is 5.39. The van der Waals surface area contributed by atoms with Gasteiger partial charge in [0.05, 0.1) is 13.0 Å². The first-order chi connectivity index (χ1) is 14.5. The van der Waals surface area contributed by atoms with Crippen molar-refractivity contribution in [1.29, 1.82) is 0 Å². The lowest BCUT2D eigenvalue weighted by Gasteiger charge is -2.56. The molecule has 0 aromatic heterocycles. The Morgan fingerprint density at radius 1 is 1.30 bits per heavy atom. The molecule has 160 valence electrons. The van der Waals surface area contributed by atoms with Crippen molar-refractivity contribution in [3.63, 3.8) is 0 Å². The zero-order chi connectivity index (χ0) is 21.0. The van der Waals surface area contributed by atoms with Gasteiger partial charge in [-0.25, -0.2) is 0 Å². The van der Waals surface area contributed by atoms with Gasteiger partial charge in [-0.15, -0.1) is 0 Å². The maximum absolute atomic E-state index is 12.4. The van der Waals surface area contributed by atoms with Crippen LogP contribution in [0.4, 0.5) is 0 Å². The number of hydrogen-bond acceptors (Lipinski definition) is 7. The monoisotopic (exact) mass is 413 g/mol. The van der Waals surface area contributed by atoms with E-state index in [0.717, 1.165) is 24.9 Å². The van der Waals surface area contributed by atoms with E-state index >= 15 is 0 Å². The highest BCUT2D eigenvalue weighted by Gasteiger charge is 2.65. The van der Waals surface area contributed by atoms with E-state index in [0.29, 0.717) is 24.1 Å². The number of likely N-dealkylation sites (N-methyl/N-ethyl adjacent to an activating group) is 1. The van der Waals surface area contributed by atoms with E-state index in [-0.39, 0.29) is 35.8 Å². The third-order valence-electron chi connectivity index (χ3n) is 7.15. The molecule has 7 heteroatoms. The average Bonchev–Trinajstić information content (AvgIpc) is 3.06. The van der Waals surface area contributed by atoms with Crippen LogP contribution in [0.5, 0.6) is 11.5 Å². The van der Waals surface area contributed by atoms with Gasteiger partial charge in [-0.3, -0.25) is 9.59 Å². The molecule has 0 amide bonds. The van der Waals surface area contributed by atoms with E-state index in [1.165, 1.54) is 12.5 Å². The number of esters is 2. The van der Waals surface area contributed by atoms with Crippen molar-refractivity contribution in [3.8, 4) is 11.5 Å². The molecule has 4 aliphatic rings. The van der Waals surface area contributed by atoms with Crippen LogP contribution >= 0.6 is 0 Å². The largest absolute Gasteiger partial charge is 0.481 e. The molecule has 2 bridgehead atoms. The van der Waals surface area contributed by atoms with Crippen LogP contribution in [0, 0.1) is 5.92 Å². The van der Waals surface area contributed by atoms with E-state index in [2.05, 4.69) is 24.1 Å². The summed E-state index contributed by atoms with van der Waals surface area (Å²) < 4.78 is 22.8. The van der Waals surface area contributed by atoms with Gasteiger partial charge in [0.15, 0.2) is 17.6 Å². The quantitative estimate of drug-likeness (QED) is 0.415. The third-order valence-corrected chi connectivity index (χ3v) is 7.15. The fraction of sp³-hybridized carbons (Fsp3) is 0.565. The highest BCUT2D eigenvalue weighted by Crippen LogP contribution is 2.62. The summed E-state index contributed by atoms with van der Waals surface area (Å²) in [7, 11) is 3.74. The van der Waals surface area contributed by atoms with E-state index in [1.807, 2.05) is 12.1 Å². The third kappa shape index (κ3) is 2.72. The molecule has 1 aromatic rings. The van der Waals surface area contributed by atoms with Gasteiger partial charge in [0.25, 0.3) is 0 Å². The lowest BCUT2D eigenvalue weighted by molar-refractivity contribution is -0.155. The molecule has 5 rings (SSSR count). The molecule has 1 saturated heterocycles. The van der Waals surface area contributed by atoms with Crippen LogP contribution in [0.2, 0.25) is 0 Å². The Hall–Kier alpha value is -2.38. The molecule has 1 spiro atoms. The maximum atomic E-state index is 12.4. The molecule has 2 unspecified atom stereocenters. The van der Waals surface area contributed by atoms with E-state index in [9.17, 15) is 9.59 Å². The van der Waals surface area contributed by atoms with Crippen LogP contribution in [0.3, 0.4) is 0 Å². The Balaban J connectivity index is 1.59. The van der Waals surface area contributed by atoms with Crippen LogP contribution in [-0.2, 0) is 30.9 Å². The summed E-state index contributed by atoms with van der Waals surface area (Å²) in [4.78, 5) is 26.5. The molecule has 2 heterocycles. The van der Waals surface area contributed by atoms with Crippen molar-refractivity contribution in [2.75, 3.05) is 27.3 Å². The molecular weight excluding hydrogens is 386 g/mol. The fourth-order valence-electron chi connectivity index (χ4n) is 5.94. The fourth-order valence-corrected chi connectivity index (χ4v) is 5.94. The lowest BCUT2D eigenvalue weighted by Crippen LogP contribution is -2.65. The number of hydrogen-bond donors (Lipinski definition) is 0. The summed E-state index contributed by atoms with van der Waals surface area (Å²) in [6.45, 7) is 2.65. The predicted octanol–water partition coefficient (Wildman–Crippen LogP) is 2.01. The summed E-state index contributed by atoms with van der Waals surface area (Å²) >= 11 is 0. The van der Waals surface area contributed by atoms with Crippen LogP contribution in [-0.4, -0.2) is 62.4 Å². The van der Waals surface area contributed by atoms with Crippen molar-refractivity contribution in [3.05, 3.63) is 35.4 Å². The van der Waals surface area contributed by atoms with Gasteiger partial charge in [-0.1, -0.05) is 12.1 Å². The summed E-state index contributed by atoms with van der Waals surface area (Å²) in [5.74, 6) is 0.669. The molecule has 1 fully saturated rings. The van der Waals surface area contributed by atoms with Gasteiger partial charge in [-0.2, -0.15) is 0 Å². The van der Waals surface area contributed by atoms with Gasteiger partial charge < -0.3 is 23.8 Å². The minimum Gasteiger partial charge on any atom is -0.481 e. The molecule has 5 atom stereocenters. The first kappa shape index (κ1) is 19.6. The predicted molar refractivity (Wildman–Crippen MR) is 108 cm³/mol. The number of carbonyl (C=O) groups is 2. The highest BCUT2D eigenvalue weighted by atomic mass is 16.6. The van der Waals surface area contributed by atoms with Crippen molar-refractivity contribution in [2.24, 2.45) is 5.92 Å². The minimum atomic E-state index is -0.488. The van der Waals surface area contributed by atoms with E-state index in [4.69, 9.17) is 18.9 Å². The lowest BCUT2D eigenvalue weighted by atomic mass is 9.53. The Kier molecular flexibility index (Phi) is 4.63. The molecule has 0 saturated carbocycles. The van der Waals surface area contributed by atoms with Crippen molar-refractivity contribution in [2.45, 2.75) is 49.9 Å². The van der Waals surface area contributed by atoms with Crippen LogP contribution in [0.25, 0.3) is 0 Å². The van der Waals surface area contributed by atoms with Crippen LogP contribution in [0.1, 0.15) is 30.9 Å². The van der Waals surface area contributed by atoms with Crippen LogP contribution < -0.4 is 9.47 Å². The Bertz CT molecular complexity index is 927. The maximum Gasteiger partial charge on any atom is 0.308 e. The second-order valence-corrected chi connectivity index (χ2v) is 8.71. The standard InChI is InChI=1S/C23H27NO6/c1-13(25)28-17-6-4-14-12-16-15-5-7-18(29-19(26)8-11-27-3)22-23(15,9-10-24(16)2)20(14)21(17)30-22/h4-7,15-16,18,22H,8-12H2,1-3H3/t15-,16+,18?,22?,23-/m0/s1. The number of nitrogens with zero attached hydrogens (tertiary/aromatic N) is 1. The molecule has 1 aromatic carbocycles. The van der Waals surface area contributed by atoms with Gasteiger partial charge in [0, 0.05) is 37.0 Å². The second-order valence-electron chi connectivity index (χ2n) is 8.71. The molecule has 2 aliphatic carbocycles. The van der Waals surface area contributed by atoms with Gasteiger partial charge in [-0.05, 0) is 44.1 Å². The van der Waals surface area contributed by atoms with E-state index < -0.39 is 6.10 Å². The van der Waals surface area contributed by atoms with Gasteiger partial charge >= 0.3 is 11.9 Å². The normalized spacial score (nSPS) is 32.9. The first-order valence-electron chi connectivity index (χ1n) is 10.5. The van der Waals surface area contributed by atoms with Crippen molar-refractivity contribution < 1.29 is 28.5 Å². The number of ether oxygens (including phenoxy) is 4. The summed E-state index contributed by atoms with van der Waals surface area (Å²) in [5, 5.41) is 0. The molecule has 30 heavy (non-hydrogen) atoms. The number of likely N-dealkylation sites (tertiary alicyclic amines) is 1. The summed E-state index contributed by atoms with van der Waals surface area (Å²) in [6, 6.07) is 4.25. The van der Waals surface area contributed by atoms with E-state index in [1.54, 1.807) is 7.11 Å². The number of benzene rings is 1. The number of carbonyl (C=O) groups excluding carboxylic acids is 2. The minimum absolute atomic E-state index is 0.201. The highest BCUT2D eigenvalue weighted by molar-refractivity contribution is 5.73. The average molecular weight is 413 g/mol. The Labute approximate surface area is 175 Å². The zero-order valence-electron chi connectivity index (χ0n) is 17.6. The molecular formula is C23H27NO6. The van der Waals surface area contributed by atoms with Crippen LogP contribution in [0.15, 0.2) is 24.3 Å². The Morgan fingerprint density at radius 3 is 2.90 bits per heavy atom. The smallest absolute Gasteiger partial charge is 0.308 e. The number of rotatable bonds is 5. The molecule has 7 nitrogen and oxygen atoms in total.